The molecule has 1 aliphatic rings. The van der Waals surface area contributed by atoms with E-state index in [0.29, 0.717) is 17.5 Å². The van der Waals surface area contributed by atoms with Crippen molar-refractivity contribution in [1.82, 2.24) is 15.2 Å². The summed E-state index contributed by atoms with van der Waals surface area (Å²) < 4.78 is 13.1. The first kappa shape index (κ1) is 18.4. The maximum atomic E-state index is 13.1. The van der Waals surface area contributed by atoms with Crippen molar-refractivity contribution in [3.8, 4) is 0 Å². The molecule has 6 nitrogen and oxygen atoms in total. The summed E-state index contributed by atoms with van der Waals surface area (Å²) in [5.41, 5.74) is 2.12. The molecular formula is C20H20ClFN6. The van der Waals surface area contributed by atoms with Gasteiger partial charge in [0.05, 0.1) is 6.20 Å². The maximum Gasteiger partial charge on any atom is 0.244 e. The lowest BCUT2D eigenvalue weighted by molar-refractivity contribution is 0.624. The summed E-state index contributed by atoms with van der Waals surface area (Å²) >= 11 is 5.91. The first-order valence-corrected chi connectivity index (χ1v) is 9.49. The predicted molar refractivity (Wildman–Crippen MR) is 109 cm³/mol. The molecule has 0 aliphatic carbocycles. The van der Waals surface area contributed by atoms with Crippen LogP contribution in [0.3, 0.4) is 0 Å². The number of aromatic nitrogens is 3. The van der Waals surface area contributed by atoms with Crippen LogP contribution in [0.4, 0.5) is 21.8 Å². The quantitative estimate of drug-likeness (QED) is 0.708. The Labute approximate surface area is 168 Å². The molecule has 0 unspecified atom stereocenters. The average molecular weight is 399 g/mol. The second kappa shape index (κ2) is 8.39. The van der Waals surface area contributed by atoms with Crippen molar-refractivity contribution >= 4 is 29.1 Å². The zero-order valence-corrected chi connectivity index (χ0v) is 16.0. The minimum Gasteiger partial charge on any atom is -0.368 e. The summed E-state index contributed by atoms with van der Waals surface area (Å²) in [6.07, 6.45) is 1.68. The largest absolute Gasteiger partial charge is 0.368 e. The fraction of sp³-hybridized carbons (Fsp3) is 0.250. The molecule has 0 atom stereocenters. The number of benzene rings is 2. The number of nitrogens with one attached hydrogen (secondary N) is 1. The molecule has 1 aliphatic heterocycles. The van der Waals surface area contributed by atoms with Gasteiger partial charge in [-0.2, -0.15) is 10.1 Å². The lowest BCUT2D eigenvalue weighted by atomic mass is 10.2. The van der Waals surface area contributed by atoms with Gasteiger partial charge in [-0.3, -0.25) is 0 Å². The highest BCUT2D eigenvalue weighted by Crippen LogP contribution is 2.20. The highest BCUT2D eigenvalue weighted by Gasteiger charge is 2.19. The highest BCUT2D eigenvalue weighted by atomic mass is 35.5. The van der Waals surface area contributed by atoms with Crippen LogP contribution < -0.4 is 15.1 Å². The van der Waals surface area contributed by atoms with Crippen LogP contribution in [0.5, 0.6) is 0 Å². The number of rotatable bonds is 5. The van der Waals surface area contributed by atoms with E-state index in [9.17, 15) is 4.39 Å². The molecule has 2 heterocycles. The van der Waals surface area contributed by atoms with E-state index in [1.54, 1.807) is 6.20 Å². The Kier molecular flexibility index (Phi) is 5.53. The lowest BCUT2D eigenvalue weighted by Crippen LogP contribution is -2.47. The first-order chi connectivity index (χ1) is 13.7. The first-order valence-electron chi connectivity index (χ1n) is 9.11. The normalized spacial score (nSPS) is 14.2. The molecule has 0 saturated carbocycles. The molecule has 144 valence electrons. The molecule has 1 N–H and O–H groups in total. The number of halogens is 2. The molecule has 4 rings (SSSR count). The SMILES string of the molecule is Fc1ccc(N2CCN(c3cnnc(NCc4ccc(Cl)cc4)n3)CC2)cc1. The van der Waals surface area contributed by atoms with Crippen LogP contribution in [0.15, 0.2) is 54.7 Å². The van der Waals surface area contributed by atoms with Gasteiger partial charge >= 0.3 is 0 Å². The summed E-state index contributed by atoms with van der Waals surface area (Å²) in [4.78, 5) is 9.01. The zero-order valence-electron chi connectivity index (χ0n) is 15.2. The summed E-state index contributed by atoms with van der Waals surface area (Å²) in [5.74, 6) is 1.08. The Balaban J connectivity index is 1.35. The molecule has 28 heavy (non-hydrogen) atoms. The topological polar surface area (TPSA) is 57.2 Å². The Morgan fingerprint density at radius 1 is 0.929 bits per heavy atom. The molecule has 1 saturated heterocycles. The Morgan fingerprint density at radius 3 is 2.32 bits per heavy atom. The second-order valence-corrected chi connectivity index (χ2v) is 7.01. The third kappa shape index (κ3) is 4.48. The molecule has 0 spiro atoms. The number of anilines is 3. The van der Waals surface area contributed by atoms with Gasteiger partial charge in [-0.05, 0) is 42.0 Å². The summed E-state index contributed by atoms with van der Waals surface area (Å²) in [7, 11) is 0. The molecule has 8 heteroatoms. The second-order valence-electron chi connectivity index (χ2n) is 6.57. The van der Waals surface area contributed by atoms with Crippen LogP contribution in [0.25, 0.3) is 0 Å². The van der Waals surface area contributed by atoms with Crippen molar-refractivity contribution in [3.05, 3.63) is 71.1 Å². The average Bonchev–Trinajstić information content (AvgIpc) is 2.74. The molecule has 1 fully saturated rings. The van der Waals surface area contributed by atoms with Gasteiger partial charge in [-0.25, -0.2) is 4.39 Å². The third-order valence-electron chi connectivity index (χ3n) is 4.71. The molecular weight excluding hydrogens is 379 g/mol. The van der Waals surface area contributed by atoms with E-state index in [4.69, 9.17) is 11.6 Å². The summed E-state index contributed by atoms with van der Waals surface area (Å²) in [6.45, 7) is 3.90. The van der Waals surface area contributed by atoms with Crippen LogP contribution in [0.2, 0.25) is 5.02 Å². The zero-order chi connectivity index (χ0) is 19.3. The van der Waals surface area contributed by atoms with Crippen LogP contribution in [-0.2, 0) is 6.54 Å². The number of piperazine rings is 1. The smallest absolute Gasteiger partial charge is 0.244 e. The standard InChI is InChI=1S/C20H20ClFN6/c21-16-3-1-15(2-4-16)13-23-20-25-19(14-24-26-20)28-11-9-27(10-12-28)18-7-5-17(22)6-8-18/h1-8,14H,9-13H2,(H,23,25,26). The molecule has 1 aromatic heterocycles. The van der Waals surface area contributed by atoms with Crippen molar-refractivity contribution in [2.24, 2.45) is 0 Å². The van der Waals surface area contributed by atoms with E-state index in [-0.39, 0.29) is 5.82 Å². The van der Waals surface area contributed by atoms with Gasteiger partial charge in [0.2, 0.25) is 5.95 Å². The minimum absolute atomic E-state index is 0.215. The number of nitrogens with zero attached hydrogens (tertiary/aromatic N) is 5. The monoisotopic (exact) mass is 398 g/mol. The van der Waals surface area contributed by atoms with Gasteiger partial charge in [0, 0.05) is 43.4 Å². The van der Waals surface area contributed by atoms with Crippen molar-refractivity contribution in [2.75, 3.05) is 41.3 Å². The van der Waals surface area contributed by atoms with Crippen molar-refractivity contribution < 1.29 is 4.39 Å². The minimum atomic E-state index is -0.215. The summed E-state index contributed by atoms with van der Waals surface area (Å²) in [6, 6.07) is 14.3. The predicted octanol–water partition coefficient (Wildman–Crippen LogP) is 3.60. The summed E-state index contributed by atoms with van der Waals surface area (Å²) in [5, 5.41) is 12.1. The fourth-order valence-corrected chi connectivity index (χ4v) is 3.28. The molecule has 0 amide bonds. The van der Waals surface area contributed by atoms with Crippen LogP contribution >= 0.6 is 11.6 Å². The molecule has 0 bridgehead atoms. The number of hydrogen-bond acceptors (Lipinski definition) is 6. The Morgan fingerprint density at radius 2 is 1.61 bits per heavy atom. The van der Waals surface area contributed by atoms with E-state index in [1.165, 1.54) is 12.1 Å². The van der Waals surface area contributed by atoms with Gasteiger partial charge in [0.15, 0.2) is 5.82 Å². The highest BCUT2D eigenvalue weighted by molar-refractivity contribution is 6.30. The molecule has 0 radical (unpaired) electrons. The van der Waals surface area contributed by atoms with E-state index >= 15 is 0 Å². The van der Waals surface area contributed by atoms with Gasteiger partial charge in [-0.15, -0.1) is 5.10 Å². The molecule has 2 aromatic carbocycles. The third-order valence-corrected chi connectivity index (χ3v) is 4.96. The van der Waals surface area contributed by atoms with Gasteiger partial charge in [0.25, 0.3) is 0 Å². The fourth-order valence-electron chi connectivity index (χ4n) is 3.15. The van der Waals surface area contributed by atoms with Crippen LogP contribution in [0, 0.1) is 5.82 Å². The van der Waals surface area contributed by atoms with E-state index < -0.39 is 0 Å². The maximum absolute atomic E-state index is 13.1. The van der Waals surface area contributed by atoms with Crippen molar-refractivity contribution in [1.29, 1.82) is 0 Å². The van der Waals surface area contributed by atoms with Crippen molar-refractivity contribution in [2.45, 2.75) is 6.54 Å². The van der Waals surface area contributed by atoms with E-state index in [2.05, 4.69) is 30.3 Å². The lowest BCUT2D eigenvalue weighted by Gasteiger charge is -2.36. The van der Waals surface area contributed by atoms with Crippen molar-refractivity contribution in [3.63, 3.8) is 0 Å². The Hall–Kier alpha value is -2.93. The van der Waals surface area contributed by atoms with Crippen LogP contribution in [-0.4, -0.2) is 41.4 Å². The van der Waals surface area contributed by atoms with E-state index in [1.807, 2.05) is 36.4 Å². The van der Waals surface area contributed by atoms with Crippen LogP contribution in [0.1, 0.15) is 5.56 Å². The van der Waals surface area contributed by atoms with E-state index in [0.717, 1.165) is 43.2 Å². The number of hydrogen-bond donors (Lipinski definition) is 1. The van der Waals surface area contributed by atoms with Gasteiger partial charge in [-0.1, -0.05) is 23.7 Å². The Bertz CT molecular complexity index is 911. The van der Waals surface area contributed by atoms with Gasteiger partial charge < -0.3 is 15.1 Å². The molecule has 3 aromatic rings. The van der Waals surface area contributed by atoms with Gasteiger partial charge in [0.1, 0.15) is 5.82 Å².